The average molecular weight is 275 g/mol. The number of carbonyl (C=O) groups excluding carboxylic acids is 1. The van der Waals surface area contributed by atoms with Crippen molar-refractivity contribution in [3.63, 3.8) is 0 Å². The number of aromatic nitrogens is 1. The third kappa shape index (κ3) is 4.22. The van der Waals surface area contributed by atoms with Crippen LogP contribution in [0, 0.1) is 5.92 Å². The molecule has 0 bridgehead atoms. The van der Waals surface area contributed by atoms with E-state index in [4.69, 9.17) is 0 Å². The number of nitrogens with one attached hydrogen (secondary N) is 1. The molecule has 0 unspecified atom stereocenters. The molecule has 2 rings (SSSR count). The fraction of sp³-hybridized carbons (Fsp3) is 0.625. The molecule has 1 aliphatic rings. The number of anilines is 1. The van der Waals surface area contributed by atoms with Crippen LogP contribution in [0.15, 0.2) is 18.3 Å². The number of hydrogen-bond acceptors (Lipinski definition) is 3. The number of rotatable bonds is 8. The summed E-state index contributed by atoms with van der Waals surface area (Å²) >= 11 is 0. The summed E-state index contributed by atoms with van der Waals surface area (Å²) in [4.78, 5) is 18.7. The van der Waals surface area contributed by atoms with E-state index < -0.39 is 0 Å². The van der Waals surface area contributed by atoms with Crippen molar-refractivity contribution in [2.45, 2.75) is 39.5 Å². The standard InChI is InChI=1S/C16H25N3O/c1-3-9-17-14-7-8-15(18-11-14)16(20)19(10-4-2)12-13-5-6-13/h7-8,11,13,17H,3-6,9-10,12H2,1-2H3. The summed E-state index contributed by atoms with van der Waals surface area (Å²) in [5, 5.41) is 3.27. The maximum absolute atomic E-state index is 12.5. The number of carbonyl (C=O) groups is 1. The van der Waals surface area contributed by atoms with E-state index in [-0.39, 0.29) is 5.91 Å². The molecule has 4 heteroatoms. The predicted molar refractivity (Wildman–Crippen MR) is 81.9 cm³/mol. The maximum Gasteiger partial charge on any atom is 0.272 e. The van der Waals surface area contributed by atoms with E-state index in [1.54, 1.807) is 6.20 Å². The summed E-state index contributed by atoms with van der Waals surface area (Å²) < 4.78 is 0. The lowest BCUT2D eigenvalue weighted by atomic mass is 10.2. The molecule has 0 radical (unpaired) electrons. The minimum Gasteiger partial charge on any atom is -0.384 e. The Morgan fingerprint density at radius 1 is 1.35 bits per heavy atom. The molecule has 1 aromatic rings. The van der Waals surface area contributed by atoms with Gasteiger partial charge in [-0.1, -0.05) is 13.8 Å². The summed E-state index contributed by atoms with van der Waals surface area (Å²) in [5.74, 6) is 0.789. The van der Waals surface area contributed by atoms with Gasteiger partial charge in [-0.3, -0.25) is 4.79 Å². The molecule has 1 aromatic heterocycles. The second-order valence-electron chi connectivity index (χ2n) is 5.55. The molecule has 1 N–H and O–H groups in total. The maximum atomic E-state index is 12.5. The van der Waals surface area contributed by atoms with Crippen molar-refractivity contribution in [1.82, 2.24) is 9.88 Å². The lowest BCUT2D eigenvalue weighted by molar-refractivity contribution is 0.0742. The Balaban J connectivity index is 1.98. The lowest BCUT2D eigenvalue weighted by Gasteiger charge is -2.21. The van der Waals surface area contributed by atoms with Gasteiger partial charge in [0, 0.05) is 19.6 Å². The second-order valence-corrected chi connectivity index (χ2v) is 5.55. The van der Waals surface area contributed by atoms with Crippen molar-refractivity contribution >= 4 is 11.6 Å². The molecule has 4 nitrogen and oxygen atoms in total. The second kappa shape index (κ2) is 7.27. The first-order valence-corrected chi connectivity index (χ1v) is 7.73. The van der Waals surface area contributed by atoms with Gasteiger partial charge < -0.3 is 10.2 Å². The Hall–Kier alpha value is -1.58. The zero-order valence-electron chi connectivity index (χ0n) is 12.6. The SMILES string of the molecule is CCCNc1ccc(C(=O)N(CCC)CC2CC2)nc1. The van der Waals surface area contributed by atoms with Crippen LogP contribution in [-0.2, 0) is 0 Å². The highest BCUT2D eigenvalue weighted by Gasteiger charge is 2.27. The first-order valence-electron chi connectivity index (χ1n) is 7.73. The van der Waals surface area contributed by atoms with Crippen LogP contribution in [0.3, 0.4) is 0 Å². The van der Waals surface area contributed by atoms with Crippen LogP contribution in [0.5, 0.6) is 0 Å². The van der Waals surface area contributed by atoms with Gasteiger partial charge in [0.2, 0.25) is 0 Å². The van der Waals surface area contributed by atoms with Crippen molar-refractivity contribution in [2.24, 2.45) is 5.92 Å². The molecule has 1 fully saturated rings. The lowest BCUT2D eigenvalue weighted by Crippen LogP contribution is -2.34. The average Bonchev–Trinajstić information content (AvgIpc) is 3.28. The van der Waals surface area contributed by atoms with Gasteiger partial charge in [-0.15, -0.1) is 0 Å². The molecule has 1 amide bonds. The van der Waals surface area contributed by atoms with Crippen LogP contribution < -0.4 is 5.32 Å². The normalized spacial score (nSPS) is 14.1. The summed E-state index contributed by atoms with van der Waals surface area (Å²) in [5.41, 5.74) is 1.54. The van der Waals surface area contributed by atoms with Crippen molar-refractivity contribution in [3.8, 4) is 0 Å². The highest BCUT2D eigenvalue weighted by molar-refractivity contribution is 5.92. The van der Waals surface area contributed by atoms with E-state index in [1.165, 1.54) is 12.8 Å². The van der Waals surface area contributed by atoms with Crippen LogP contribution in [0.4, 0.5) is 5.69 Å². The highest BCUT2D eigenvalue weighted by Crippen LogP contribution is 2.30. The quantitative estimate of drug-likeness (QED) is 0.792. The van der Waals surface area contributed by atoms with E-state index in [9.17, 15) is 4.79 Å². The molecule has 0 atom stereocenters. The van der Waals surface area contributed by atoms with Gasteiger partial charge in [0.15, 0.2) is 0 Å². The number of pyridine rings is 1. The van der Waals surface area contributed by atoms with Crippen LogP contribution in [-0.4, -0.2) is 35.4 Å². The Kier molecular flexibility index (Phi) is 5.39. The fourth-order valence-electron chi connectivity index (χ4n) is 2.21. The zero-order chi connectivity index (χ0) is 14.4. The Morgan fingerprint density at radius 3 is 2.70 bits per heavy atom. The predicted octanol–water partition coefficient (Wildman–Crippen LogP) is 3.17. The van der Waals surface area contributed by atoms with Crippen LogP contribution >= 0.6 is 0 Å². The monoisotopic (exact) mass is 275 g/mol. The van der Waals surface area contributed by atoms with Crippen molar-refractivity contribution in [3.05, 3.63) is 24.0 Å². The van der Waals surface area contributed by atoms with Gasteiger partial charge in [-0.25, -0.2) is 4.98 Å². The van der Waals surface area contributed by atoms with Gasteiger partial charge in [0.1, 0.15) is 5.69 Å². The molecular formula is C16H25N3O. The molecule has 1 aliphatic carbocycles. The summed E-state index contributed by atoms with van der Waals surface area (Å²) in [6, 6.07) is 3.77. The van der Waals surface area contributed by atoms with Crippen molar-refractivity contribution < 1.29 is 4.79 Å². The molecule has 1 heterocycles. The number of nitrogens with zero attached hydrogens (tertiary/aromatic N) is 2. The van der Waals surface area contributed by atoms with Gasteiger partial charge in [0.25, 0.3) is 5.91 Å². The Morgan fingerprint density at radius 2 is 2.15 bits per heavy atom. The van der Waals surface area contributed by atoms with E-state index in [0.717, 1.165) is 44.1 Å². The number of hydrogen-bond donors (Lipinski definition) is 1. The molecule has 1 saturated carbocycles. The molecule has 0 spiro atoms. The van der Waals surface area contributed by atoms with Gasteiger partial charge in [-0.2, -0.15) is 0 Å². The number of amides is 1. The summed E-state index contributed by atoms with van der Waals surface area (Å²) in [7, 11) is 0. The molecular weight excluding hydrogens is 250 g/mol. The van der Waals surface area contributed by atoms with Crippen LogP contribution in [0.25, 0.3) is 0 Å². The summed E-state index contributed by atoms with van der Waals surface area (Å²) in [6.07, 6.45) is 6.35. The summed E-state index contributed by atoms with van der Waals surface area (Å²) in [6.45, 7) is 6.88. The molecule has 0 saturated heterocycles. The van der Waals surface area contributed by atoms with E-state index >= 15 is 0 Å². The van der Waals surface area contributed by atoms with E-state index in [2.05, 4.69) is 24.1 Å². The first kappa shape index (κ1) is 14.8. The topological polar surface area (TPSA) is 45.2 Å². The third-order valence-corrected chi connectivity index (χ3v) is 3.52. The minimum atomic E-state index is 0.0702. The molecule has 20 heavy (non-hydrogen) atoms. The highest BCUT2D eigenvalue weighted by atomic mass is 16.2. The van der Waals surface area contributed by atoms with Crippen molar-refractivity contribution in [2.75, 3.05) is 25.0 Å². The van der Waals surface area contributed by atoms with Crippen LogP contribution in [0.2, 0.25) is 0 Å². The van der Waals surface area contributed by atoms with Crippen LogP contribution in [0.1, 0.15) is 50.0 Å². The molecule has 0 aliphatic heterocycles. The van der Waals surface area contributed by atoms with E-state index in [1.807, 2.05) is 17.0 Å². The Bertz CT molecular complexity index is 426. The zero-order valence-corrected chi connectivity index (χ0v) is 12.6. The van der Waals surface area contributed by atoms with Crippen molar-refractivity contribution in [1.29, 1.82) is 0 Å². The smallest absolute Gasteiger partial charge is 0.272 e. The van der Waals surface area contributed by atoms with Gasteiger partial charge >= 0.3 is 0 Å². The first-order chi connectivity index (χ1) is 9.74. The molecule has 110 valence electrons. The fourth-order valence-corrected chi connectivity index (χ4v) is 2.21. The van der Waals surface area contributed by atoms with E-state index in [0.29, 0.717) is 5.69 Å². The van der Waals surface area contributed by atoms with Gasteiger partial charge in [0.05, 0.1) is 11.9 Å². The minimum absolute atomic E-state index is 0.0702. The molecule has 0 aromatic carbocycles. The largest absolute Gasteiger partial charge is 0.384 e. The Labute approximate surface area is 121 Å². The van der Waals surface area contributed by atoms with Gasteiger partial charge in [-0.05, 0) is 43.7 Å². The third-order valence-electron chi connectivity index (χ3n) is 3.52.